The number of hydrogen-bond donors (Lipinski definition) is 1. The Labute approximate surface area is 147 Å². The first kappa shape index (κ1) is 19.0. The molecule has 2 rings (SSSR count). The molecule has 2 N–H and O–H groups in total. The van der Waals surface area contributed by atoms with Crippen LogP contribution in [0.1, 0.15) is 51.4 Å². The van der Waals surface area contributed by atoms with Gasteiger partial charge in [-0.05, 0) is 39.8 Å². The van der Waals surface area contributed by atoms with Crippen LogP contribution in [0.5, 0.6) is 0 Å². The van der Waals surface area contributed by atoms with Crippen LogP contribution in [-0.4, -0.2) is 56.0 Å². The van der Waals surface area contributed by atoms with E-state index in [9.17, 15) is 0 Å². The van der Waals surface area contributed by atoms with E-state index in [2.05, 4.69) is 23.9 Å². The molecule has 0 radical (unpaired) electrons. The second kappa shape index (κ2) is 9.18. The predicted octanol–water partition coefficient (Wildman–Crippen LogP) is 2.92. The maximum absolute atomic E-state index is 6.25. The fourth-order valence-electron chi connectivity index (χ4n) is 3.81. The van der Waals surface area contributed by atoms with Crippen molar-refractivity contribution >= 4 is 29.9 Å². The van der Waals surface area contributed by atoms with E-state index in [1.165, 1.54) is 51.4 Å². The second-order valence-electron chi connectivity index (χ2n) is 7.02. The lowest BCUT2D eigenvalue weighted by Gasteiger charge is -2.31. The summed E-state index contributed by atoms with van der Waals surface area (Å²) < 4.78 is 0. The van der Waals surface area contributed by atoms with Crippen LogP contribution in [0.25, 0.3) is 0 Å². The number of guanidine groups is 1. The molecule has 0 amide bonds. The number of likely N-dealkylation sites (tertiary alicyclic amines) is 1. The van der Waals surface area contributed by atoms with Gasteiger partial charge in [0.25, 0.3) is 0 Å². The van der Waals surface area contributed by atoms with Crippen LogP contribution in [0.2, 0.25) is 0 Å². The number of hydrogen-bond acceptors (Lipinski definition) is 2. The molecule has 4 nitrogen and oxygen atoms in total. The predicted molar refractivity (Wildman–Crippen MR) is 101 cm³/mol. The maximum Gasteiger partial charge on any atom is 0.191 e. The highest BCUT2D eigenvalue weighted by Crippen LogP contribution is 2.38. The number of nitrogens with two attached hydrogens (primary N) is 1. The molecule has 2 fully saturated rings. The number of aliphatic imine (C=N–C) groups is 1. The first-order chi connectivity index (χ1) is 9.61. The Bertz CT molecular complexity index is 316. The normalized spacial score (nSPS) is 23.0. The van der Waals surface area contributed by atoms with Gasteiger partial charge in [-0.2, -0.15) is 0 Å². The monoisotopic (exact) mass is 408 g/mol. The van der Waals surface area contributed by atoms with Crippen LogP contribution in [0.4, 0.5) is 0 Å². The molecule has 0 bridgehead atoms. The third-order valence-corrected chi connectivity index (χ3v) is 4.82. The number of nitrogens with zero attached hydrogens (tertiary/aromatic N) is 3. The molecule has 1 aliphatic carbocycles. The first-order valence-electron chi connectivity index (χ1n) is 8.31. The summed E-state index contributed by atoms with van der Waals surface area (Å²) in [5.74, 6) is 0.789. The average Bonchev–Trinajstić information content (AvgIpc) is 2.69. The van der Waals surface area contributed by atoms with Crippen LogP contribution in [0, 0.1) is 5.41 Å². The average molecular weight is 408 g/mol. The quantitative estimate of drug-likeness (QED) is 0.442. The third kappa shape index (κ3) is 5.93. The largest absolute Gasteiger partial charge is 0.370 e. The summed E-state index contributed by atoms with van der Waals surface area (Å²) in [5.41, 5.74) is 6.62. The topological polar surface area (TPSA) is 44.9 Å². The Hall–Kier alpha value is -0.0400. The molecule has 0 spiro atoms. The van der Waals surface area contributed by atoms with E-state index < -0.39 is 0 Å². The standard InChI is InChI=1S/C16H32N4.HI/c1-19(2)14-16(9-5-6-10-16)13-18-15(17)20-11-7-3-4-8-12-20;/h3-14H2,1-2H3,(H2,17,18);1H. The maximum atomic E-state index is 6.25. The van der Waals surface area contributed by atoms with Crippen molar-refractivity contribution in [3.05, 3.63) is 0 Å². The van der Waals surface area contributed by atoms with E-state index in [4.69, 9.17) is 10.7 Å². The van der Waals surface area contributed by atoms with E-state index >= 15 is 0 Å². The molecule has 1 aliphatic heterocycles. The summed E-state index contributed by atoms with van der Waals surface area (Å²) in [6.07, 6.45) is 10.5. The van der Waals surface area contributed by atoms with Gasteiger partial charge in [0.15, 0.2) is 5.96 Å². The molecule has 5 heteroatoms. The highest BCUT2D eigenvalue weighted by molar-refractivity contribution is 14.0. The lowest BCUT2D eigenvalue weighted by Crippen LogP contribution is -2.40. The van der Waals surface area contributed by atoms with Crippen molar-refractivity contribution in [2.75, 3.05) is 40.3 Å². The zero-order valence-electron chi connectivity index (χ0n) is 13.8. The number of halogens is 1. The van der Waals surface area contributed by atoms with Crippen molar-refractivity contribution in [1.82, 2.24) is 9.80 Å². The minimum atomic E-state index is 0. The summed E-state index contributed by atoms with van der Waals surface area (Å²) in [6.45, 7) is 4.24. The van der Waals surface area contributed by atoms with Crippen molar-refractivity contribution in [2.24, 2.45) is 16.1 Å². The SMILES string of the molecule is CN(C)CC1(CN=C(N)N2CCCCCC2)CCCC1.I. The van der Waals surface area contributed by atoms with Gasteiger partial charge in [-0.15, -0.1) is 24.0 Å². The number of rotatable bonds is 4. The van der Waals surface area contributed by atoms with Crippen LogP contribution < -0.4 is 5.73 Å². The summed E-state index contributed by atoms with van der Waals surface area (Å²) >= 11 is 0. The lowest BCUT2D eigenvalue weighted by atomic mass is 9.86. The van der Waals surface area contributed by atoms with E-state index in [1.54, 1.807) is 0 Å². The van der Waals surface area contributed by atoms with Crippen molar-refractivity contribution in [1.29, 1.82) is 0 Å². The zero-order chi connectivity index (χ0) is 14.4. The Morgan fingerprint density at radius 2 is 1.62 bits per heavy atom. The van der Waals surface area contributed by atoms with E-state index in [0.29, 0.717) is 5.41 Å². The molecule has 0 aromatic heterocycles. The molecule has 2 aliphatic rings. The van der Waals surface area contributed by atoms with E-state index in [1.807, 2.05) is 0 Å². The summed E-state index contributed by atoms with van der Waals surface area (Å²) in [4.78, 5) is 9.40. The Balaban J connectivity index is 0.00000220. The first-order valence-corrected chi connectivity index (χ1v) is 8.31. The zero-order valence-corrected chi connectivity index (χ0v) is 16.1. The molecular weight excluding hydrogens is 375 g/mol. The molecule has 0 aromatic carbocycles. The fourth-order valence-corrected chi connectivity index (χ4v) is 3.81. The van der Waals surface area contributed by atoms with Gasteiger partial charge < -0.3 is 15.5 Å². The van der Waals surface area contributed by atoms with Crippen LogP contribution in [0.15, 0.2) is 4.99 Å². The minimum Gasteiger partial charge on any atom is -0.370 e. The molecular formula is C16H33IN4. The van der Waals surface area contributed by atoms with Gasteiger partial charge in [0.1, 0.15) is 0 Å². The van der Waals surface area contributed by atoms with Gasteiger partial charge in [-0.25, -0.2) is 0 Å². The summed E-state index contributed by atoms with van der Waals surface area (Å²) in [7, 11) is 4.34. The Kier molecular flexibility index (Phi) is 8.31. The second-order valence-corrected chi connectivity index (χ2v) is 7.02. The Morgan fingerprint density at radius 1 is 1.05 bits per heavy atom. The summed E-state index contributed by atoms with van der Waals surface area (Å²) in [6, 6.07) is 0. The van der Waals surface area contributed by atoms with E-state index in [-0.39, 0.29) is 24.0 Å². The smallest absolute Gasteiger partial charge is 0.191 e. The highest BCUT2D eigenvalue weighted by atomic mass is 127. The van der Waals surface area contributed by atoms with Gasteiger partial charge >= 0.3 is 0 Å². The van der Waals surface area contributed by atoms with Crippen molar-refractivity contribution < 1.29 is 0 Å². The van der Waals surface area contributed by atoms with Crippen LogP contribution in [-0.2, 0) is 0 Å². The van der Waals surface area contributed by atoms with Crippen molar-refractivity contribution in [3.63, 3.8) is 0 Å². The van der Waals surface area contributed by atoms with Crippen LogP contribution >= 0.6 is 24.0 Å². The Morgan fingerprint density at radius 3 is 2.14 bits per heavy atom. The molecule has 0 unspecified atom stereocenters. The van der Waals surface area contributed by atoms with Gasteiger partial charge in [0.05, 0.1) is 0 Å². The molecule has 0 aromatic rings. The van der Waals surface area contributed by atoms with Gasteiger partial charge in [0, 0.05) is 31.6 Å². The lowest BCUT2D eigenvalue weighted by molar-refractivity contribution is 0.209. The molecule has 124 valence electrons. The molecule has 21 heavy (non-hydrogen) atoms. The fraction of sp³-hybridized carbons (Fsp3) is 0.938. The highest BCUT2D eigenvalue weighted by Gasteiger charge is 2.34. The molecule has 0 atom stereocenters. The summed E-state index contributed by atoms with van der Waals surface area (Å²) in [5, 5.41) is 0. The van der Waals surface area contributed by atoms with Crippen molar-refractivity contribution in [3.8, 4) is 0 Å². The molecule has 1 saturated carbocycles. The van der Waals surface area contributed by atoms with Gasteiger partial charge in [0.2, 0.25) is 0 Å². The van der Waals surface area contributed by atoms with E-state index in [0.717, 1.165) is 32.1 Å². The van der Waals surface area contributed by atoms with Crippen LogP contribution in [0.3, 0.4) is 0 Å². The van der Waals surface area contributed by atoms with Crippen molar-refractivity contribution in [2.45, 2.75) is 51.4 Å². The van der Waals surface area contributed by atoms with Gasteiger partial charge in [-0.3, -0.25) is 4.99 Å². The van der Waals surface area contributed by atoms with Gasteiger partial charge in [-0.1, -0.05) is 25.7 Å². The third-order valence-electron chi connectivity index (χ3n) is 4.82. The molecule has 1 saturated heterocycles. The molecule has 1 heterocycles. The minimum absolute atomic E-state index is 0.